The molecule has 0 saturated heterocycles. The van der Waals surface area contributed by atoms with Crippen molar-refractivity contribution in [3.63, 3.8) is 0 Å². The van der Waals surface area contributed by atoms with Gasteiger partial charge in [-0.1, -0.05) is 160 Å². The molecule has 4 aliphatic rings. The summed E-state index contributed by atoms with van der Waals surface area (Å²) in [4.78, 5) is 27.8. The molecule has 6 aromatic carbocycles. The van der Waals surface area contributed by atoms with Gasteiger partial charge in [0.1, 0.15) is 11.1 Å². The molecule has 0 amide bonds. The van der Waals surface area contributed by atoms with Crippen LogP contribution in [-0.2, 0) is 23.9 Å². The number of carbonyl (C=O) groups excluding carboxylic acids is 2. The Labute approximate surface area is 318 Å². The van der Waals surface area contributed by atoms with E-state index in [2.05, 4.69) is 125 Å². The van der Waals surface area contributed by atoms with Crippen molar-refractivity contribution < 1.29 is 9.59 Å². The number of anilines is 2. The first-order chi connectivity index (χ1) is 26.1. The van der Waals surface area contributed by atoms with Crippen molar-refractivity contribution in [1.29, 1.82) is 0 Å². The topological polar surface area (TPSA) is 58.2 Å². The zero-order valence-corrected chi connectivity index (χ0v) is 31.9. The predicted octanol–water partition coefficient (Wildman–Crippen LogP) is 11.7. The number of ketones is 2. The first-order valence-electron chi connectivity index (χ1n) is 19.5. The van der Waals surface area contributed by atoms with Gasteiger partial charge in [-0.05, 0) is 82.3 Å². The smallest absolute Gasteiger partial charge is 0.194 e. The number of Topliss-reactive ketones (excluding diaryl/α,β-unsaturated/α-hetero) is 2. The lowest BCUT2D eigenvalue weighted by Crippen LogP contribution is -2.46. The average Bonchev–Trinajstić information content (AvgIpc) is 3.67. The fraction of sp³-hybridized carbons (Fsp3) is 0.240. The predicted molar refractivity (Wildman–Crippen MR) is 221 cm³/mol. The maximum Gasteiger partial charge on any atom is 0.194 e. The fourth-order valence-corrected chi connectivity index (χ4v) is 10.1. The molecule has 0 fully saturated rings. The van der Waals surface area contributed by atoms with E-state index in [1.165, 1.54) is 33.4 Å². The van der Waals surface area contributed by atoms with Crippen LogP contribution in [0.3, 0.4) is 0 Å². The molecule has 2 N–H and O–H groups in total. The molecule has 0 radical (unpaired) electrons. The average molecular weight is 707 g/mol. The Morgan fingerprint density at radius 1 is 0.481 bits per heavy atom. The number of nitrogens with one attached hydrogen (secondary N) is 2. The zero-order valence-electron chi connectivity index (χ0n) is 31.9. The molecule has 54 heavy (non-hydrogen) atoms. The Balaban J connectivity index is 0.000000142. The van der Waals surface area contributed by atoms with Crippen molar-refractivity contribution in [1.82, 2.24) is 0 Å². The van der Waals surface area contributed by atoms with Gasteiger partial charge in [0.25, 0.3) is 0 Å². The molecule has 2 aliphatic heterocycles. The van der Waals surface area contributed by atoms with Crippen molar-refractivity contribution in [3.8, 4) is 22.3 Å². The minimum atomic E-state index is -0.731. The summed E-state index contributed by atoms with van der Waals surface area (Å²) in [7, 11) is 0. The second-order valence-corrected chi connectivity index (χ2v) is 15.6. The van der Waals surface area contributed by atoms with E-state index in [1.807, 2.05) is 48.5 Å². The molecule has 6 aromatic rings. The summed E-state index contributed by atoms with van der Waals surface area (Å²) in [5, 5.41) is 7.49. The van der Waals surface area contributed by atoms with E-state index in [0.29, 0.717) is 0 Å². The summed E-state index contributed by atoms with van der Waals surface area (Å²) >= 11 is 0. The number of aryl methyl sites for hydroxylation is 4. The summed E-state index contributed by atoms with van der Waals surface area (Å²) in [5.41, 5.74) is 16.7. The SMILES string of the molecule is CCc1cc(C)cc2c1N[C@@]1(C(=O)c3ccccc3-c3ccccc31)[C@H]2C.CCc1cc(C)cc2c1N[C@]1(C(=O)c3ccccc3-c3ccccc31)[C@@H]2C. The van der Waals surface area contributed by atoms with Crippen molar-refractivity contribution in [2.24, 2.45) is 0 Å². The number of fused-ring (bicyclic) bond motifs is 10. The molecule has 4 heteroatoms. The Bertz CT molecular complexity index is 2370. The Kier molecular flexibility index (Phi) is 7.83. The molecule has 268 valence electrons. The highest BCUT2D eigenvalue weighted by Crippen LogP contribution is 2.58. The number of carbonyl (C=O) groups is 2. The molecule has 2 spiro atoms. The quantitative estimate of drug-likeness (QED) is 0.188. The lowest BCUT2D eigenvalue weighted by molar-refractivity contribution is 0.0881. The lowest BCUT2D eigenvalue weighted by Gasteiger charge is -2.39. The molecule has 0 bridgehead atoms. The van der Waals surface area contributed by atoms with Crippen LogP contribution in [0.1, 0.15) is 105 Å². The number of benzene rings is 6. The first-order valence-corrected chi connectivity index (χ1v) is 19.5. The molecule has 4 nitrogen and oxygen atoms in total. The van der Waals surface area contributed by atoms with E-state index < -0.39 is 11.1 Å². The summed E-state index contributed by atoms with van der Waals surface area (Å²) in [6.07, 6.45) is 1.90. The molecular weight excluding hydrogens is 661 g/mol. The van der Waals surface area contributed by atoms with Crippen LogP contribution in [0.2, 0.25) is 0 Å². The van der Waals surface area contributed by atoms with Crippen molar-refractivity contribution in [2.75, 3.05) is 10.6 Å². The highest BCUT2D eigenvalue weighted by atomic mass is 16.1. The minimum Gasteiger partial charge on any atom is -0.368 e. The number of hydrogen-bond donors (Lipinski definition) is 2. The number of rotatable bonds is 2. The Hall–Kier alpha value is -5.74. The molecular formula is C50H46N2O2. The van der Waals surface area contributed by atoms with Gasteiger partial charge in [0.2, 0.25) is 0 Å². The molecule has 2 heterocycles. The van der Waals surface area contributed by atoms with Crippen LogP contribution in [0.5, 0.6) is 0 Å². The normalized spacial score (nSPS) is 22.2. The lowest BCUT2D eigenvalue weighted by atomic mass is 9.67. The van der Waals surface area contributed by atoms with Crippen LogP contribution < -0.4 is 10.6 Å². The van der Waals surface area contributed by atoms with E-state index in [-0.39, 0.29) is 23.4 Å². The third-order valence-corrected chi connectivity index (χ3v) is 12.8. The largest absolute Gasteiger partial charge is 0.368 e. The van der Waals surface area contributed by atoms with Crippen molar-refractivity contribution in [3.05, 3.63) is 177 Å². The van der Waals surface area contributed by atoms with Crippen molar-refractivity contribution >= 4 is 22.9 Å². The van der Waals surface area contributed by atoms with Crippen LogP contribution in [0.15, 0.2) is 121 Å². The molecule has 0 unspecified atom stereocenters. The van der Waals surface area contributed by atoms with Gasteiger partial charge in [-0.25, -0.2) is 0 Å². The molecule has 4 atom stereocenters. The van der Waals surface area contributed by atoms with E-state index in [9.17, 15) is 9.59 Å². The third-order valence-electron chi connectivity index (χ3n) is 12.8. The summed E-state index contributed by atoms with van der Waals surface area (Å²) in [6, 6.07) is 41.8. The van der Waals surface area contributed by atoms with Crippen molar-refractivity contribution in [2.45, 2.75) is 77.3 Å². The summed E-state index contributed by atoms with van der Waals surface area (Å²) in [5.74, 6) is 0.500. The standard InChI is InChI=1S/2C25H23NO/c2*1-4-17-13-15(2)14-21-16(3)25(26-23(17)21)22-12-8-7-10-19(22)18-9-5-6-11-20(18)24(25)27/h2*5-14,16,26H,4H2,1-3H3/t2*16-,25-/m10/s1. The molecule has 10 rings (SSSR count). The van der Waals surface area contributed by atoms with E-state index in [0.717, 1.165) is 68.7 Å². The molecule has 2 aliphatic carbocycles. The second-order valence-electron chi connectivity index (χ2n) is 15.6. The van der Waals surface area contributed by atoms with Gasteiger partial charge in [0.15, 0.2) is 11.6 Å². The maximum atomic E-state index is 13.9. The summed E-state index contributed by atoms with van der Waals surface area (Å²) < 4.78 is 0. The molecule has 0 aromatic heterocycles. The fourth-order valence-electron chi connectivity index (χ4n) is 10.1. The highest BCUT2D eigenvalue weighted by Gasteiger charge is 2.56. The van der Waals surface area contributed by atoms with Crippen LogP contribution in [0.25, 0.3) is 22.3 Å². The van der Waals surface area contributed by atoms with Gasteiger partial charge in [-0.3, -0.25) is 9.59 Å². The monoisotopic (exact) mass is 706 g/mol. The van der Waals surface area contributed by atoms with Crippen LogP contribution in [-0.4, -0.2) is 11.6 Å². The third kappa shape index (κ3) is 4.55. The van der Waals surface area contributed by atoms with Gasteiger partial charge < -0.3 is 10.6 Å². The highest BCUT2D eigenvalue weighted by molar-refractivity contribution is 6.16. The maximum absolute atomic E-state index is 13.9. The molecule has 0 saturated carbocycles. The van der Waals surface area contributed by atoms with E-state index >= 15 is 0 Å². The van der Waals surface area contributed by atoms with Gasteiger partial charge in [-0.2, -0.15) is 0 Å². The summed E-state index contributed by atoms with van der Waals surface area (Å²) in [6.45, 7) is 13.0. The van der Waals surface area contributed by atoms with E-state index in [4.69, 9.17) is 0 Å². The number of hydrogen-bond acceptors (Lipinski definition) is 4. The van der Waals surface area contributed by atoms with Gasteiger partial charge in [0.05, 0.1) is 0 Å². The first kappa shape index (κ1) is 34.1. The van der Waals surface area contributed by atoms with Gasteiger partial charge in [-0.15, -0.1) is 0 Å². The van der Waals surface area contributed by atoms with Crippen LogP contribution >= 0.6 is 0 Å². The van der Waals surface area contributed by atoms with Gasteiger partial charge >= 0.3 is 0 Å². The Morgan fingerprint density at radius 3 is 1.19 bits per heavy atom. The minimum absolute atomic E-state index is 0.0692. The zero-order chi connectivity index (χ0) is 37.5. The second kappa shape index (κ2) is 12.4. The Morgan fingerprint density at radius 2 is 0.815 bits per heavy atom. The van der Waals surface area contributed by atoms with Crippen LogP contribution in [0, 0.1) is 13.8 Å². The van der Waals surface area contributed by atoms with Gasteiger partial charge in [0, 0.05) is 34.3 Å². The van der Waals surface area contributed by atoms with Crippen LogP contribution in [0.4, 0.5) is 11.4 Å². The van der Waals surface area contributed by atoms with E-state index in [1.54, 1.807) is 0 Å².